The van der Waals surface area contributed by atoms with Crippen LogP contribution in [-0.4, -0.2) is 27.2 Å². The van der Waals surface area contributed by atoms with Crippen molar-refractivity contribution in [3.05, 3.63) is 40.8 Å². The molecule has 0 fully saturated rings. The molecule has 90 valence electrons. The van der Waals surface area contributed by atoms with Crippen LogP contribution in [-0.2, 0) is 0 Å². The molecule has 2 aromatic heterocycles. The van der Waals surface area contributed by atoms with Crippen LogP contribution in [0.5, 0.6) is 0 Å². The number of hydrogen-bond acceptors (Lipinski definition) is 4. The van der Waals surface area contributed by atoms with Gasteiger partial charge >= 0.3 is 5.69 Å². The van der Waals surface area contributed by atoms with E-state index >= 15 is 0 Å². The molecule has 0 aliphatic rings. The average Bonchev–Trinajstić information content (AvgIpc) is 2.84. The van der Waals surface area contributed by atoms with Crippen molar-refractivity contribution < 1.29 is 0 Å². The molecule has 3 aromatic rings. The van der Waals surface area contributed by atoms with E-state index in [2.05, 4.69) is 25.5 Å². The lowest BCUT2D eigenvalue weighted by atomic mass is 10.1. The van der Waals surface area contributed by atoms with Crippen molar-refractivity contribution in [2.45, 2.75) is 0 Å². The standard InChI is InChI=1S/C12H11N5O/c1-13-10-8-5-3-2-4-7(8)6-9(14-10)11-15-12(18)17-16-11/h2-6H,1H3,(H,13,14)(H2,15,16,17,18). The van der Waals surface area contributed by atoms with Gasteiger partial charge in [0.2, 0.25) is 0 Å². The fraction of sp³-hybridized carbons (Fsp3) is 0.0833. The largest absolute Gasteiger partial charge is 0.373 e. The van der Waals surface area contributed by atoms with Crippen LogP contribution in [0.1, 0.15) is 0 Å². The molecule has 2 heterocycles. The predicted octanol–water partition coefficient (Wildman–Crippen LogP) is 1.35. The second-order valence-corrected chi connectivity index (χ2v) is 3.85. The van der Waals surface area contributed by atoms with Crippen molar-refractivity contribution in [3.8, 4) is 11.5 Å². The van der Waals surface area contributed by atoms with Gasteiger partial charge < -0.3 is 5.32 Å². The molecular formula is C12H11N5O. The lowest BCUT2D eigenvalue weighted by molar-refractivity contribution is 1.05. The number of H-pyrrole nitrogens is 2. The number of pyridine rings is 1. The molecule has 0 bridgehead atoms. The number of nitrogens with zero attached hydrogens (tertiary/aromatic N) is 2. The molecule has 0 saturated heterocycles. The smallest absolute Gasteiger partial charge is 0.340 e. The van der Waals surface area contributed by atoms with Gasteiger partial charge in [0.1, 0.15) is 11.5 Å². The first-order valence-electron chi connectivity index (χ1n) is 5.50. The highest BCUT2D eigenvalue weighted by Gasteiger charge is 2.08. The van der Waals surface area contributed by atoms with Crippen LogP contribution in [0.2, 0.25) is 0 Å². The maximum atomic E-state index is 11.1. The van der Waals surface area contributed by atoms with E-state index in [0.29, 0.717) is 11.5 Å². The van der Waals surface area contributed by atoms with Crippen LogP contribution in [0.15, 0.2) is 35.1 Å². The van der Waals surface area contributed by atoms with E-state index in [1.54, 1.807) is 0 Å². The fourth-order valence-electron chi connectivity index (χ4n) is 1.90. The van der Waals surface area contributed by atoms with Gasteiger partial charge in [0.15, 0.2) is 5.82 Å². The first-order chi connectivity index (χ1) is 8.78. The third-order valence-electron chi connectivity index (χ3n) is 2.72. The van der Waals surface area contributed by atoms with E-state index in [-0.39, 0.29) is 5.69 Å². The Bertz CT molecular complexity index is 758. The molecule has 1 aromatic carbocycles. The van der Waals surface area contributed by atoms with Crippen LogP contribution in [0.4, 0.5) is 5.82 Å². The number of nitrogens with one attached hydrogen (secondary N) is 3. The lowest BCUT2D eigenvalue weighted by Gasteiger charge is -2.06. The Kier molecular flexibility index (Phi) is 2.33. The zero-order valence-corrected chi connectivity index (χ0v) is 9.69. The van der Waals surface area contributed by atoms with Crippen LogP contribution in [0, 0.1) is 0 Å². The zero-order valence-electron chi connectivity index (χ0n) is 9.69. The van der Waals surface area contributed by atoms with Crippen LogP contribution < -0.4 is 11.0 Å². The summed E-state index contributed by atoms with van der Waals surface area (Å²) in [5.74, 6) is 1.19. The number of benzene rings is 1. The van der Waals surface area contributed by atoms with Crippen molar-refractivity contribution in [1.29, 1.82) is 0 Å². The van der Waals surface area contributed by atoms with Crippen molar-refractivity contribution in [2.75, 3.05) is 12.4 Å². The van der Waals surface area contributed by atoms with E-state index in [1.165, 1.54) is 0 Å². The number of aromatic amines is 2. The van der Waals surface area contributed by atoms with Crippen LogP contribution >= 0.6 is 0 Å². The number of fused-ring (bicyclic) bond motifs is 1. The Morgan fingerprint density at radius 1 is 1.28 bits per heavy atom. The van der Waals surface area contributed by atoms with Gasteiger partial charge in [-0.1, -0.05) is 24.3 Å². The molecule has 0 spiro atoms. The van der Waals surface area contributed by atoms with Gasteiger partial charge in [0.25, 0.3) is 0 Å². The first-order valence-corrected chi connectivity index (χ1v) is 5.50. The van der Waals surface area contributed by atoms with Gasteiger partial charge in [-0.2, -0.15) is 5.10 Å². The molecule has 18 heavy (non-hydrogen) atoms. The first kappa shape index (κ1) is 10.5. The molecule has 3 N–H and O–H groups in total. The van der Waals surface area contributed by atoms with Gasteiger partial charge in [-0.25, -0.2) is 14.9 Å². The highest BCUT2D eigenvalue weighted by atomic mass is 16.1. The van der Waals surface area contributed by atoms with Gasteiger partial charge in [-0.05, 0) is 11.5 Å². The Hall–Kier alpha value is -2.63. The predicted molar refractivity (Wildman–Crippen MR) is 69.5 cm³/mol. The normalized spacial score (nSPS) is 10.7. The van der Waals surface area contributed by atoms with Crippen molar-refractivity contribution in [3.63, 3.8) is 0 Å². The van der Waals surface area contributed by atoms with Gasteiger partial charge in [-0.3, -0.25) is 4.98 Å². The summed E-state index contributed by atoms with van der Waals surface area (Å²) in [6.07, 6.45) is 0. The highest BCUT2D eigenvalue weighted by Crippen LogP contribution is 2.25. The molecule has 0 aliphatic carbocycles. The summed E-state index contributed by atoms with van der Waals surface area (Å²) >= 11 is 0. The summed E-state index contributed by atoms with van der Waals surface area (Å²) in [6.45, 7) is 0. The maximum Gasteiger partial charge on any atom is 0.340 e. The Labute approximate surface area is 102 Å². The van der Waals surface area contributed by atoms with Crippen LogP contribution in [0.3, 0.4) is 0 Å². The average molecular weight is 241 g/mol. The van der Waals surface area contributed by atoms with E-state index in [9.17, 15) is 4.79 Å². The third-order valence-corrected chi connectivity index (χ3v) is 2.72. The minimum absolute atomic E-state index is 0.342. The molecule has 0 aliphatic heterocycles. The van der Waals surface area contributed by atoms with Crippen LogP contribution in [0.25, 0.3) is 22.3 Å². The minimum atomic E-state index is -0.342. The topological polar surface area (TPSA) is 86.5 Å². The SMILES string of the molecule is CNc1nc(-c2n[nH]c(=O)[nH]2)cc2ccccc12. The third kappa shape index (κ3) is 1.64. The summed E-state index contributed by atoms with van der Waals surface area (Å²) in [4.78, 5) is 18.1. The quantitative estimate of drug-likeness (QED) is 0.632. The molecule has 6 heteroatoms. The van der Waals surface area contributed by atoms with Crippen molar-refractivity contribution >= 4 is 16.6 Å². The summed E-state index contributed by atoms with van der Waals surface area (Å²) in [5, 5.41) is 11.3. The van der Waals surface area contributed by atoms with E-state index in [0.717, 1.165) is 16.6 Å². The van der Waals surface area contributed by atoms with Crippen molar-refractivity contribution in [2.24, 2.45) is 0 Å². The zero-order chi connectivity index (χ0) is 12.5. The number of hydrogen-bond donors (Lipinski definition) is 3. The Balaban J connectivity index is 2.28. The fourth-order valence-corrected chi connectivity index (χ4v) is 1.90. The maximum absolute atomic E-state index is 11.1. The number of aromatic nitrogens is 4. The van der Waals surface area contributed by atoms with Crippen molar-refractivity contribution in [1.82, 2.24) is 20.2 Å². The van der Waals surface area contributed by atoms with Gasteiger partial charge in [0.05, 0.1) is 0 Å². The molecular weight excluding hydrogens is 230 g/mol. The number of rotatable bonds is 2. The Morgan fingerprint density at radius 3 is 2.83 bits per heavy atom. The monoisotopic (exact) mass is 241 g/mol. The summed E-state index contributed by atoms with van der Waals surface area (Å²) < 4.78 is 0. The molecule has 3 rings (SSSR count). The molecule has 0 saturated carbocycles. The second-order valence-electron chi connectivity index (χ2n) is 3.85. The van der Waals surface area contributed by atoms with E-state index < -0.39 is 0 Å². The highest BCUT2D eigenvalue weighted by molar-refractivity contribution is 5.93. The summed E-state index contributed by atoms with van der Waals surface area (Å²) in [7, 11) is 1.81. The van der Waals surface area contributed by atoms with Gasteiger partial charge in [0, 0.05) is 12.4 Å². The van der Waals surface area contributed by atoms with Gasteiger partial charge in [-0.15, -0.1) is 0 Å². The minimum Gasteiger partial charge on any atom is -0.373 e. The molecule has 0 atom stereocenters. The van der Waals surface area contributed by atoms with E-state index in [1.807, 2.05) is 37.4 Å². The summed E-state index contributed by atoms with van der Waals surface area (Å²) in [5.41, 5.74) is 0.280. The molecule has 0 radical (unpaired) electrons. The molecule has 0 amide bonds. The van der Waals surface area contributed by atoms with E-state index in [4.69, 9.17) is 0 Å². The molecule has 0 unspecified atom stereocenters. The number of anilines is 1. The Morgan fingerprint density at radius 2 is 2.11 bits per heavy atom. The second kappa shape index (κ2) is 3.99. The lowest BCUT2D eigenvalue weighted by Crippen LogP contribution is -2.01. The summed E-state index contributed by atoms with van der Waals surface area (Å²) in [6, 6.07) is 9.79. The molecule has 6 nitrogen and oxygen atoms in total.